The smallest absolute Gasteiger partial charge is 0.338 e. The maximum absolute atomic E-state index is 12.6. The molecule has 2 saturated heterocycles. The van der Waals surface area contributed by atoms with Gasteiger partial charge >= 0.3 is 11.7 Å². The van der Waals surface area contributed by atoms with E-state index in [2.05, 4.69) is 4.98 Å². The Hall–Kier alpha value is -3.53. The van der Waals surface area contributed by atoms with Crippen LogP contribution in [0.15, 0.2) is 82.5 Å². The molecule has 2 aliphatic rings. The number of carbonyl (C=O) groups is 1. The second-order valence-corrected chi connectivity index (χ2v) is 8.42. The summed E-state index contributed by atoms with van der Waals surface area (Å²) in [7, 11) is 0. The molecule has 0 radical (unpaired) electrons. The summed E-state index contributed by atoms with van der Waals surface area (Å²) in [5.41, 5.74) is -0.648. The predicted molar refractivity (Wildman–Crippen MR) is 120 cm³/mol. The first-order chi connectivity index (χ1) is 16.6. The van der Waals surface area contributed by atoms with Gasteiger partial charge in [0.2, 0.25) is 0 Å². The van der Waals surface area contributed by atoms with Crippen LogP contribution in [0.1, 0.15) is 22.1 Å². The summed E-state index contributed by atoms with van der Waals surface area (Å²) in [4.78, 5) is 38.7. The number of nitrogens with one attached hydrogen (secondary N) is 1. The van der Waals surface area contributed by atoms with Gasteiger partial charge in [-0.1, -0.05) is 48.5 Å². The first kappa shape index (κ1) is 22.3. The van der Waals surface area contributed by atoms with Crippen molar-refractivity contribution >= 4 is 5.97 Å². The summed E-state index contributed by atoms with van der Waals surface area (Å²) in [6.07, 6.45) is 0.0650. The van der Waals surface area contributed by atoms with E-state index >= 15 is 0 Å². The number of rotatable bonds is 8. The second kappa shape index (κ2) is 9.38. The van der Waals surface area contributed by atoms with Crippen LogP contribution in [0.5, 0.6) is 0 Å². The minimum Gasteiger partial charge on any atom is -0.459 e. The summed E-state index contributed by atoms with van der Waals surface area (Å²) in [5, 5.41) is 0. The minimum absolute atomic E-state index is 0.0643. The number of carbonyl (C=O) groups excluding carboxylic acids is 1. The van der Waals surface area contributed by atoms with Gasteiger partial charge in [0.25, 0.3) is 5.56 Å². The lowest BCUT2D eigenvalue weighted by atomic mass is 9.90. The number of benzene rings is 2. The van der Waals surface area contributed by atoms with Crippen molar-refractivity contribution in [1.82, 2.24) is 9.55 Å². The molecule has 0 amide bonds. The number of fused-ring (bicyclic) bond motifs is 2. The van der Waals surface area contributed by atoms with E-state index in [1.54, 1.807) is 24.3 Å². The average Bonchev–Trinajstić information content (AvgIpc) is 3.36. The van der Waals surface area contributed by atoms with E-state index in [1.807, 2.05) is 36.4 Å². The van der Waals surface area contributed by atoms with E-state index < -0.39 is 35.2 Å². The SMILES string of the molecule is O=C(OC[C@]12COC(C1COCc1ccccc1)[C@H](n1ccc(=O)[nH]c1=O)O2)c1ccccc1. The number of esters is 1. The Morgan fingerprint density at radius 1 is 1.06 bits per heavy atom. The predicted octanol–water partition coefficient (Wildman–Crippen LogP) is 1.89. The van der Waals surface area contributed by atoms with Crippen molar-refractivity contribution in [1.29, 1.82) is 0 Å². The summed E-state index contributed by atoms with van der Waals surface area (Å²) in [6.45, 7) is 0.795. The highest BCUT2D eigenvalue weighted by Crippen LogP contribution is 2.49. The van der Waals surface area contributed by atoms with Crippen molar-refractivity contribution in [3.8, 4) is 0 Å². The molecule has 9 heteroatoms. The van der Waals surface area contributed by atoms with E-state index in [1.165, 1.54) is 16.8 Å². The van der Waals surface area contributed by atoms with Crippen LogP contribution >= 0.6 is 0 Å². The van der Waals surface area contributed by atoms with Crippen LogP contribution in [-0.4, -0.2) is 47.0 Å². The minimum atomic E-state index is -0.994. The summed E-state index contributed by atoms with van der Waals surface area (Å²) < 4.78 is 25.2. The van der Waals surface area contributed by atoms with Crippen LogP contribution < -0.4 is 11.2 Å². The molecule has 3 aromatic rings. The molecule has 2 fully saturated rings. The van der Waals surface area contributed by atoms with Crippen molar-refractivity contribution < 1.29 is 23.7 Å². The van der Waals surface area contributed by atoms with Gasteiger partial charge in [0.05, 0.1) is 25.4 Å². The number of H-pyrrole nitrogens is 1. The van der Waals surface area contributed by atoms with Crippen molar-refractivity contribution in [2.45, 2.75) is 24.5 Å². The Bertz CT molecular complexity index is 1260. The topological polar surface area (TPSA) is 109 Å². The van der Waals surface area contributed by atoms with Gasteiger partial charge < -0.3 is 18.9 Å². The first-order valence-corrected chi connectivity index (χ1v) is 11.0. The van der Waals surface area contributed by atoms with Crippen LogP contribution in [0.25, 0.3) is 0 Å². The van der Waals surface area contributed by atoms with Crippen LogP contribution in [0.3, 0.4) is 0 Å². The van der Waals surface area contributed by atoms with Gasteiger partial charge in [0.1, 0.15) is 18.3 Å². The van der Waals surface area contributed by atoms with Crippen LogP contribution in [0.4, 0.5) is 0 Å². The number of hydrogen-bond donors (Lipinski definition) is 1. The zero-order chi connectivity index (χ0) is 23.5. The molecule has 1 aromatic heterocycles. The van der Waals surface area contributed by atoms with Crippen LogP contribution in [0.2, 0.25) is 0 Å². The van der Waals surface area contributed by atoms with Crippen molar-refractivity contribution in [3.05, 3.63) is 105 Å². The molecule has 4 atom stereocenters. The molecule has 0 spiro atoms. The average molecular weight is 464 g/mol. The maximum atomic E-state index is 12.6. The molecule has 0 saturated carbocycles. The van der Waals surface area contributed by atoms with E-state index in [-0.39, 0.29) is 25.7 Å². The van der Waals surface area contributed by atoms with Crippen molar-refractivity contribution in [3.63, 3.8) is 0 Å². The molecule has 2 bridgehead atoms. The molecule has 3 heterocycles. The Morgan fingerprint density at radius 3 is 2.53 bits per heavy atom. The fourth-order valence-corrected chi connectivity index (χ4v) is 4.47. The lowest BCUT2D eigenvalue weighted by Crippen LogP contribution is -2.45. The molecule has 2 unspecified atom stereocenters. The Morgan fingerprint density at radius 2 is 1.79 bits per heavy atom. The quantitative estimate of drug-likeness (QED) is 0.507. The summed E-state index contributed by atoms with van der Waals surface area (Å²) in [6, 6.07) is 19.7. The molecule has 34 heavy (non-hydrogen) atoms. The van der Waals surface area contributed by atoms with E-state index in [4.69, 9.17) is 18.9 Å². The zero-order valence-corrected chi connectivity index (χ0v) is 18.3. The molecule has 1 N–H and O–H groups in total. The summed E-state index contributed by atoms with van der Waals surface area (Å²) in [5.74, 6) is -0.778. The Balaban J connectivity index is 1.36. The van der Waals surface area contributed by atoms with Crippen molar-refractivity contribution in [2.75, 3.05) is 19.8 Å². The number of nitrogens with zero attached hydrogens (tertiary/aromatic N) is 1. The van der Waals surface area contributed by atoms with E-state index in [0.29, 0.717) is 12.2 Å². The maximum Gasteiger partial charge on any atom is 0.338 e. The highest BCUT2D eigenvalue weighted by molar-refractivity contribution is 5.89. The first-order valence-electron chi connectivity index (χ1n) is 11.0. The van der Waals surface area contributed by atoms with Gasteiger partial charge in [-0.3, -0.25) is 14.3 Å². The van der Waals surface area contributed by atoms with Crippen LogP contribution in [-0.2, 0) is 25.6 Å². The third kappa shape index (κ3) is 4.33. The second-order valence-electron chi connectivity index (χ2n) is 8.42. The monoisotopic (exact) mass is 464 g/mol. The number of aromatic amines is 1. The van der Waals surface area contributed by atoms with Gasteiger partial charge in [-0.05, 0) is 17.7 Å². The van der Waals surface area contributed by atoms with Crippen LogP contribution in [0, 0.1) is 5.92 Å². The third-order valence-corrected chi connectivity index (χ3v) is 6.22. The molecule has 9 nitrogen and oxygen atoms in total. The number of aromatic nitrogens is 2. The fraction of sp³-hybridized carbons (Fsp3) is 0.320. The normalized spacial score (nSPS) is 25.4. The lowest BCUT2D eigenvalue weighted by molar-refractivity contribution is -0.187. The Labute approximate surface area is 194 Å². The standard InChI is InChI=1S/C25H24N2O7/c28-20-11-12-27(24(30)26-20)22-21-19(14-31-13-17-7-3-1-4-8-17)25(34-22,15-32-21)16-33-23(29)18-9-5-2-6-10-18/h1-12,19,21-22H,13-16H2,(H,26,28,30)/t19?,21?,22-,25-/m1/s1. The zero-order valence-electron chi connectivity index (χ0n) is 18.3. The van der Waals surface area contributed by atoms with Gasteiger partial charge in [-0.2, -0.15) is 0 Å². The molecule has 0 aliphatic carbocycles. The highest BCUT2D eigenvalue weighted by Gasteiger charge is 2.62. The van der Waals surface area contributed by atoms with Gasteiger partial charge in [0.15, 0.2) is 6.23 Å². The number of hydrogen-bond acceptors (Lipinski definition) is 7. The van der Waals surface area contributed by atoms with Crippen molar-refractivity contribution in [2.24, 2.45) is 5.92 Å². The van der Waals surface area contributed by atoms with Gasteiger partial charge in [0, 0.05) is 18.2 Å². The molecular formula is C25H24N2O7. The fourth-order valence-electron chi connectivity index (χ4n) is 4.47. The third-order valence-electron chi connectivity index (χ3n) is 6.22. The highest BCUT2D eigenvalue weighted by atomic mass is 16.6. The number of ether oxygens (including phenoxy) is 4. The molecule has 2 aliphatic heterocycles. The van der Waals surface area contributed by atoms with Gasteiger partial charge in [-0.25, -0.2) is 9.59 Å². The summed E-state index contributed by atoms with van der Waals surface area (Å²) >= 11 is 0. The molecular weight excluding hydrogens is 440 g/mol. The van der Waals surface area contributed by atoms with Gasteiger partial charge in [-0.15, -0.1) is 0 Å². The van der Waals surface area contributed by atoms with E-state index in [0.717, 1.165) is 5.56 Å². The molecule has 2 aromatic carbocycles. The lowest BCUT2D eigenvalue weighted by Gasteiger charge is -2.31. The largest absolute Gasteiger partial charge is 0.459 e. The molecule has 5 rings (SSSR count). The molecule has 176 valence electrons. The Kier molecular flexibility index (Phi) is 6.14. The van der Waals surface area contributed by atoms with E-state index in [9.17, 15) is 14.4 Å².